The van der Waals surface area contributed by atoms with E-state index in [1.807, 2.05) is 50.2 Å². The van der Waals surface area contributed by atoms with Crippen molar-refractivity contribution in [3.8, 4) is 5.75 Å². The number of aliphatic hydroxyl groups excluding tert-OH is 1. The monoisotopic (exact) mass is 335 g/mol. The maximum absolute atomic E-state index is 9.82. The zero-order valence-electron chi connectivity index (χ0n) is 11.5. The largest absolute Gasteiger partial charge is 0.507 e. The van der Waals surface area contributed by atoms with Gasteiger partial charge in [-0.25, -0.2) is 0 Å². The molecule has 0 aliphatic heterocycles. The van der Waals surface area contributed by atoms with Crippen LogP contribution in [0.25, 0.3) is 0 Å². The second-order valence-electron chi connectivity index (χ2n) is 4.89. The highest BCUT2D eigenvalue weighted by Crippen LogP contribution is 2.28. The molecule has 0 amide bonds. The van der Waals surface area contributed by atoms with Gasteiger partial charge in [0.1, 0.15) is 5.75 Å². The van der Waals surface area contributed by atoms with E-state index >= 15 is 0 Å². The zero-order valence-corrected chi connectivity index (χ0v) is 13.1. The van der Waals surface area contributed by atoms with Gasteiger partial charge in [0.15, 0.2) is 0 Å². The second-order valence-corrected chi connectivity index (χ2v) is 5.81. The highest BCUT2D eigenvalue weighted by atomic mass is 79.9. The molecule has 0 bridgehead atoms. The SMILES string of the molecule is Cc1cc(C(CO)Nc2cccc(Br)c2)cc(C)c1O. The van der Waals surface area contributed by atoms with Gasteiger partial charge in [0.25, 0.3) is 0 Å². The second kappa shape index (κ2) is 6.29. The third-order valence-corrected chi connectivity index (χ3v) is 3.76. The molecule has 0 saturated carbocycles. The van der Waals surface area contributed by atoms with Crippen LogP contribution in [0.3, 0.4) is 0 Å². The lowest BCUT2D eigenvalue weighted by molar-refractivity contribution is 0.276. The number of aliphatic hydroxyl groups is 1. The molecular formula is C16H18BrNO2. The molecule has 0 aliphatic rings. The molecule has 4 heteroatoms. The van der Waals surface area contributed by atoms with E-state index in [0.29, 0.717) is 5.75 Å². The molecule has 0 fully saturated rings. The van der Waals surface area contributed by atoms with Crippen molar-refractivity contribution in [3.63, 3.8) is 0 Å². The molecule has 0 saturated heterocycles. The van der Waals surface area contributed by atoms with E-state index in [1.54, 1.807) is 0 Å². The van der Waals surface area contributed by atoms with Crippen LogP contribution in [0.1, 0.15) is 22.7 Å². The zero-order chi connectivity index (χ0) is 14.7. The molecule has 0 aromatic heterocycles. The smallest absolute Gasteiger partial charge is 0.121 e. The maximum atomic E-state index is 9.82. The van der Waals surface area contributed by atoms with Crippen LogP contribution in [0.4, 0.5) is 5.69 Å². The number of halogens is 1. The molecule has 0 spiro atoms. The van der Waals surface area contributed by atoms with Gasteiger partial charge >= 0.3 is 0 Å². The Balaban J connectivity index is 2.29. The van der Waals surface area contributed by atoms with Crippen molar-refractivity contribution >= 4 is 21.6 Å². The normalized spacial score (nSPS) is 12.2. The van der Waals surface area contributed by atoms with E-state index in [-0.39, 0.29) is 12.6 Å². The molecule has 2 aromatic carbocycles. The van der Waals surface area contributed by atoms with Gasteiger partial charge < -0.3 is 15.5 Å². The van der Waals surface area contributed by atoms with Gasteiger partial charge in [-0.1, -0.05) is 34.1 Å². The molecule has 1 unspecified atom stereocenters. The number of phenolic OH excluding ortho intramolecular Hbond substituents is 1. The Morgan fingerprint density at radius 2 is 1.80 bits per heavy atom. The van der Waals surface area contributed by atoms with Crippen LogP contribution in [-0.2, 0) is 0 Å². The summed E-state index contributed by atoms with van der Waals surface area (Å²) in [4.78, 5) is 0. The van der Waals surface area contributed by atoms with E-state index in [0.717, 1.165) is 26.9 Å². The fourth-order valence-corrected chi connectivity index (χ4v) is 2.60. The lowest BCUT2D eigenvalue weighted by Crippen LogP contribution is -2.15. The highest BCUT2D eigenvalue weighted by Gasteiger charge is 2.13. The van der Waals surface area contributed by atoms with Crippen LogP contribution in [-0.4, -0.2) is 16.8 Å². The van der Waals surface area contributed by atoms with Gasteiger partial charge in [-0.2, -0.15) is 0 Å². The Kier molecular flexibility index (Phi) is 4.68. The average Bonchev–Trinajstić information content (AvgIpc) is 2.41. The first-order chi connectivity index (χ1) is 9.51. The molecule has 0 radical (unpaired) electrons. The average molecular weight is 336 g/mol. The lowest BCUT2D eigenvalue weighted by atomic mass is 10.0. The topological polar surface area (TPSA) is 52.5 Å². The van der Waals surface area contributed by atoms with Crippen molar-refractivity contribution in [2.24, 2.45) is 0 Å². The minimum Gasteiger partial charge on any atom is -0.507 e. The van der Waals surface area contributed by atoms with Crippen molar-refractivity contribution in [2.45, 2.75) is 19.9 Å². The number of hydrogen-bond donors (Lipinski definition) is 3. The summed E-state index contributed by atoms with van der Waals surface area (Å²) in [7, 11) is 0. The fourth-order valence-electron chi connectivity index (χ4n) is 2.20. The van der Waals surface area contributed by atoms with Gasteiger partial charge in [-0.3, -0.25) is 0 Å². The number of benzene rings is 2. The molecular weight excluding hydrogens is 318 g/mol. The Morgan fingerprint density at radius 3 is 2.35 bits per heavy atom. The van der Waals surface area contributed by atoms with E-state index in [1.165, 1.54) is 0 Å². The minimum absolute atomic E-state index is 0.0177. The summed E-state index contributed by atoms with van der Waals surface area (Å²) in [6, 6.07) is 11.4. The fraction of sp³-hybridized carbons (Fsp3) is 0.250. The quantitative estimate of drug-likeness (QED) is 0.793. The summed E-state index contributed by atoms with van der Waals surface area (Å²) in [5, 5.41) is 22.7. The minimum atomic E-state index is -0.206. The number of nitrogens with one attached hydrogen (secondary N) is 1. The molecule has 2 rings (SSSR count). The summed E-state index contributed by atoms with van der Waals surface area (Å²) < 4.78 is 0.984. The number of aryl methyl sites for hydroxylation is 2. The van der Waals surface area contributed by atoms with E-state index < -0.39 is 0 Å². The first kappa shape index (κ1) is 14.9. The number of aromatic hydroxyl groups is 1. The molecule has 3 nitrogen and oxygen atoms in total. The first-order valence-electron chi connectivity index (χ1n) is 6.44. The number of phenols is 1. The summed E-state index contributed by atoms with van der Waals surface area (Å²) >= 11 is 3.43. The molecule has 2 aromatic rings. The van der Waals surface area contributed by atoms with Gasteiger partial charge in [-0.05, 0) is 48.7 Å². The van der Waals surface area contributed by atoms with Crippen molar-refractivity contribution in [3.05, 3.63) is 57.6 Å². The van der Waals surface area contributed by atoms with Gasteiger partial charge in [0.2, 0.25) is 0 Å². The van der Waals surface area contributed by atoms with Crippen LogP contribution >= 0.6 is 15.9 Å². The summed E-state index contributed by atoms with van der Waals surface area (Å²) in [5.41, 5.74) is 3.52. The predicted octanol–water partition coefficient (Wildman–Crippen LogP) is 3.92. The standard InChI is InChI=1S/C16H18BrNO2/c1-10-6-12(7-11(2)16(10)20)15(9-19)18-14-5-3-4-13(17)8-14/h3-8,15,18-20H,9H2,1-2H3. The van der Waals surface area contributed by atoms with E-state index in [4.69, 9.17) is 0 Å². The van der Waals surface area contributed by atoms with Crippen molar-refractivity contribution in [1.82, 2.24) is 0 Å². The molecule has 0 heterocycles. The number of anilines is 1. The number of rotatable bonds is 4. The molecule has 20 heavy (non-hydrogen) atoms. The Hall–Kier alpha value is -1.52. The number of hydrogen-bond acceptors (Lipinski definition) is 3. The molecule has 0 aliphatic carbocycles. The van der Waals surface area contributed by atoms with Gasteiger partial charge in [0, 0.05) is 10.2 Å². The maximum Gasteiger partial charge on any atom is 0.121 e. The van der Waals surface area contributed by atoms with Crippen LogP contribution < -0.4 is 5.32 Å². The van der Waals surface area contributed by atoms with Crippen LogP contribution in [0, 0.1) is 13.8 Å². The first-order valence-corrected chi connectivity index (χ1v) is 7.23. The molecule has 1 atom stereocenters. The summed E-state index contributed by atoms with van der Waals surface area (Å²) in [6.07, 6.45) is 0. The van der Waals surface area contributed by atoms with Crippen LogP contribution in [0.5, 0.6) is 5.75 Å². The van der Waals surface area contributed by atoms with E-state index in [2.05, 4.69) is 21.2 Å². The van der Waals surface area contributed by atoms with Crippen molar-refractivity contribution < 1.29 is 10.2 Å². The van der Waals surface area contributed by atoms with Crippen molar-refractivity contribution in [1.29, 1.82) is 0 Å². The summed E-state index contributed by atoms with van der Waals surface area (Å²) in [5.74, 6) is 0.313. The molecule has 106 valence electrons. The van der Waals surface area contributed by atoms with Crippen LogP contribution in [0.15, 0.2) is 40.9 Å². The molecule has 3 N–H and O–H groups in total. The Morgan fingerprint density at radius 1 is 1.15 bits per heavy atom. The Labute approximate surface area is 127 Å². The third-order valence-electron chi connectivity index (χ3n) is 3.26. The Bertz CT molecular complexity index is 590. The summed E-state index contributed by atoms with van der Waals surface area (Å²) in [6.45, 7) is 3.70. The van der Waals surface area contributed by atoms with Crippen molar-refractivity contribution in [2.75, 3.05) is 11.9 Å². The van der Waals surface area contributed by atoms with Gasteiger partial charge in [0.05, 0.1) is 12.6 Å². The predicted molar refractivity (Wildman–Crippen MR) is 85.2 cm³/mol. The third kappa shape index (κ3) is 3.32. The highest BCUT2D eigenvalue weighted by molar-refractivity contribution is 9.10. The van der Waals surface area contributed by atoms with Gasteiger partial charge in [-0.15, -0.1) is 0 Å². The lowest BCUT2D eigenvalue weighted by Gasteiger charge is -2.20. The van der Waals surface area contributed by atoms with Crippen LogP contribution in [0.2, 0.25) is 0 Å². The van der Waals surface area contributed by atoms with E-state index in [9.17, 15) is 10.2 Å².